The Morgan fingerprint density at radius 3 is 2.57 bits per heavy atom. The van der Waals surface area contributed by atoms with Gasteiger partial charge in [-0.1, -0.05) is 6.07 Å². The standard InChI is InChI=1S/C17H26N2O4/c1-17(2,3)23-16(22)19-9-7-12(8-10-19)18-14-5-4-6-15(21)13(14)11-20/h4-6,12,18,20-21H,7-11H2,1-3H3. The zero-order chi connectivity index (χ0) is 17.0. The number of piperidine rings is 1. The molecule has 0 saturated carbocycles. The average molecular weight is 322 g/mol. The molecule has 0 aliphatic carbocycles. The molecule has 1 amide bonds. The number of phenols is 1. The monoisotopic (exact) mass is 322 g/mol. The van der Waals surface area contributed by atoms with E-state index in [1.54, 1.807) is 17.0 Å². The Morgan fingerprint density at radius 1 is 1.35 bits per heavy atom. The summed E-state index contributed by atoms with van der Waals surface area (Å²) in [5.41, 5.74) is 0.759. The Kier molecular flexibility index (Phi) is 5.36. The van der Waals surface area contributed by atoms with Crippen LogP contribution in [0, 0.1) is 0 Å². The number of amides is 1. The van der Waals surface area contributed by atoms with Gasteiger partial charge in [0.2, 0.25) is 0 Å². The van der Waals surface area contributed by atoms with Crippen LogP contribution in [0.4, 0.5) is 10.5 Å². The fourth-order valence-electron chi connectivity index (χ4n) is 2.63. The van der Waals surface area contributed by atoms with Gasteiger partial charge in [-0.15, -0.1) is 0 Å². The second-order valence-corrected chi connectivity index (χ2v) is 6.85. The molecular weight excluding hydrogens is 296 g/mol. The molecule has 1 heterocycles. The largest absolute Gasteiger partial charge is 0.508 e. The second kappa shape index (κ2) is 7.08. The molecule has 6 heteroatoms. The summed E-state index contributed by atoms with van der Waals surface area (Å²) < 4.78 is 5.38. The van der Waals surface area contributed by atoms with E-state index in [-0.39, 0.29) is 24.5 Å². The van der Waals surface area contributed by atoms with Gasteiger partial charge in [-0.3, -0.25) is 0 Å². The molecule has 0 unspecified atom stereocenters. The summed E-state index contributed by atoms with van der Waals surface area (Å²) in [5, 5.41) is 22.5. The van der Waals surface area contributed by atoms with Gasteiger partial charge in [-0.05, 0) is 45.7 Å². The summed E-state index contributed by atoms with van der Waals surface area (Å²) in [5.74, 6) is 0.0868. The lowest BCUT2D eigenvalue weighted by molar-refractivity contribution is 0.0210. The van der Waals surface area contributed by atoms with Crippen LogP contribution < -0.4 is 5.32 Å². The van der Waals surface area contributed by atoms with Gasteiger partial charge < -0.3 is 25.2 Å². The summed E-state index contributed by atoms with van der Waals surface area (Å²) in [6.45, 7) is 6.61. The highest BCUT2D eigenvalue weighted by atomic mass is 16.6. The zero-order valence-corrected chi connectivity index (χ0v) is 14.0. The van der Waals surface area contributed by atoms with E-state index < -0.39 is 5.60 Å². The first-order chi connectivity index (χ1) is 10.8. The van der Waals surface area contributed by atoms with Crippen LogP contribution in [0.3, 0.4) is 0 Å². The van der Waals surface area contributed by atoms with E-state index in [1.165, 1.54) is 0 Å². The van der Waals surface area contributed by atoms with E-state index in [0.717, 1.165) is 18.5 Å². The van der Waals surface area contributed by atoms with E-state index in [0.29, 0.717) is 18.7 Å². The van der Waals surface area contributed by atoms with Crippen molar-refractivity contribution in [1.29, 1.82) is 0 Å². The molecule has 0 bridgehead atoms. The Balaban J connectivity index is 1.90. The maximum Gasteiger partial charge on any atom is 0.410 e. The van der Waals surface area contributed by atoms with Crippen molar-refractivity contribution in [3.05, 3.63) is 23.8 Å². The van der Waals surface area contributed by atoms with Gasteiger partial charge >= 0.3 is 6.09 Å². The molecule has 1 aromatic carbocycles. The van der Waals surface area contributed by atoms with Crippen molar-refractivity contribution in [3.8, 4) is 5.75 Å². The predicted octanol–water partition coefficient (Wildman–Crippen LogP) is 2.70. The molecule has 1 fully saturated rings. The normalized spacial score (nSPS) is 16.3. The molecule has 1 aliphatic rings. The van der Waals surface area contributed by atoms with Gasteiger partial charge in [0.05, 0.1) is 6.61 Å². The molecule has 0 atom stereocenters. The lowest BCUT2D eigenvalue weighted by Gasteiger charge is -2.34. The van der Waals surface area contributed by atoms with Crippen LogP contribution in [0.2, 0.25) is 0 Å². The predicted molar refractivity (Wildman–Crippen MR) is 88.5 cm³/mol. The van der Waals surface area contributed by atoms with Crippen molar-refractivity contribution in [2.45, 2.75) is 51.9 Å². The molecule has 0 radical (unpaired) electrons. The molecule has 1 saturated heterocycles. The number of benzene rings is 1. The fraction of sp³-hybridized carbons (Fsp3) is 0.588. The van der Waals surface area contributed by atoms with Crippen LogP contribution in [-0.4, -0.2) is 45.9 Å². The number of nitrogens with one attached hydrogen (secondary N) is 1. The summed E-state index contributed by atoms with van der Waals surface area (Å²) >= 11 is 0. The van der Waals surface area contributed by atoms with Crippen LogP contribution in [0.15, 0.2) is 18.2 Å². The smallest absolute Gasteiger partial charge is 0.410 e. The number of hydrogen-bond donors (Lipinski definition) is 3. The average Bonchev–Trinajstić information content (AvgIpc) is 2.46. The lowest BCUT2D eigenvalue weighted by Crippen LogP contribution is -2.44. The van der Waals surface area contributed by atoms with Gasteiger partial charge in [0.25, 0.3) is 0 Å². The molecule has 0 spiro atoms. The van der Waals surface area contributed by atoms with Gasteiger partial charge in [-0.25, -0.2) is 4.79 Å². The van der Waals surface area contributed by atoms with Gasteiger partial charge in [0.15, 0.2) is 0 Å². The molecule has 1 aromatic rings. The number of aliphatic hydroxyl groups excluding tert-OH is 1. The number of carbonyl (C=O) groups excluding carboxylic acids is 1. The summed E-state index contributed by atoms with van der Waals surface area (Å²) in [6.07, 6.45) is 1.31. The molecular formula is C17H26N2O4. The van der Waals surface area contributed by atoms with E-state index >= 15 is 0 Å². The van der Waals surface area contributed by atoms with E-state index in [4.69, 9.17) is 4.74 Å². The Morgan fingerprint density at radius 2 is 2.00 bits per heavy atom. The van der Waals surface area contributed by atoms with Crippen molar-refractivity contribution in [2.24, 2.45) is 0 Å². The molecule has 6 nitrogen and oxygen atoms in total. The molecule has 128 valence electrons. The number of likely N-dealkylation sites (tertiary alicyclic amines) is 1. The molecule has 3 N–H and O–H groups in total. The van der Waals surface area contributed by atoms with Crippen molar-refractivity contribution in [3.63, 3.8) is 0 Å². The molecule has 23 heavy (non-hydrogen) atoms. The summed E-state index contributed by atoms with van der Waals surface area (Å²) in [7, 11) is 0. The van der Waals surface area contributed by atoms with Crippen molar-refractivity contribution >= 4 is 11.8 Å². The van der Waals surface area contributed by atoms with E-state index in [2.05, 4.69) is 5.32 Å². The second-order valence-electron chi connectivity index (χ2n) is 6.85. The van der Waals surface area contributed by atoms with Gasteiger partial charge in [-0.2, -0.15) is 0 Å². The molecule has 0 aromatic heterocycles. The zero-order valence-electron chi connectivity index (χ0n) is 14.0. The van der Waals surface area contributed by atoms with Crippen LogP contribution in [0.25, 0.3) is 0 Å². The van der Waals surface area contributed by atoms with Crippen LogP contribution in [-0.2, 0) is 11.3 Å². The first-order valence-electron chi connectivity index (χ1n) is 7.96. The number of carbonyl (C=O) groups is 1. The quantitative estimate of drug-likeness (QED) is 0.797. The maximum absolute atomic E-state index is 12.0. The minimum Gasteiger partial charge on any atom is -0.508 e. The number of ether oxygens (including phenoxy) is 1. The summed E-state index contributed by atoms with van der Waals surface area (Å²) in [6, 6.07) is 5.33. The highest BCUT2D eigenvalue weighted by Crippen LogP contribution is 2.27. The number of rotatable bonds is 3. The number of aromatic hydroxyl groups is 1. The minimum absolute atomic E-state index is 0.0868. The first kappa shape index (κ1) is 17.4. The highest BCUT2D eigenvalue weighted by molar-refractivity contribution is 5.68. The lowest BCUT2D eigenvalue weighted by atomic mass is 10.0. The van der Waals surface area contributed by atoms with Crippen molar-refractivity contribution in [1.82, 2.24) is 4.90 Å². The number of hydrogen-bond acceptors (Lipinski definition) is 5. The topological polar surface area (TPSA) is 82.0 Å². The number of anilines is 1. The third-order valence-corrected chi connectivity index (χ3v) is 3.82. The van der Waals surface area contributed by atoms with E-state index in [1.807, 2.05) is 26.8 Å². The first-order valence-corrected chi connectivity index (χ1v) is 7.96. The Bertz CT molecular complexity index is 546. The van der Waals surface area contributed by atoms with Gasteiger partial charge in [0, 0.05) is 30.4 Å². The van der Waals surface area contributed by atoms with Crippen LogP contribution in [0.5, 0.6) is 5.75 Å². The summed E-state index contributed by atoms with van der Waals surface area (Å²) in [4.78, 5) is 13.8. The minimum atomic E-state index is -0.482. The van der Waals surface area contributed by atoms with Crippen LogP contribution in [0.1, 0.15) is 39.2 Å². The Hall–Kier alpha value is -1.95. The fourth-order valence-corrected chi connectivity index (χ4v) is 2.63. The third kappa shape index (κ3) is 4.76. The third-order valence-electron chi connectivity index (χ3n) is 3.82. The van der Waals surface area contributed by atoms with Gasteiger partial charge in [0.1, 0.15) is 11.4 Å². The Labute approximate surface area is 137 Å². The van der Waals surface area contributed by atoms with Crippen LogP contribution >= 0.6 is 0 Å². The van der Waals surface area contributed by atoms with Crippen molar-refractivity contribution < 1.29 is 19.7 Å². The number of aliphatic hydroxyl groups is 1. The van der Waals surface area contributed by atoms with Crippen molar-refractivity contribution in [2.75, 3.05) is 18.4 Å². The maximum atomic E-state index is 12.0. The number of nitrogens with zero attached hydrogens (tertiary/aromatic N) is 1. The molecule has 1 aliphatic heterocycles. The SMILES string of the molecule is CC(C)(C)OC(=O)N1CCC(Nc2cccc(O)c2CO)CC1. The molecule has 2 rings (SSSR count). The van der Waals surface area contributed by atoms with E-state index in [9.17, 15) is 15.0 Å². The highest BCUT2D eigenvalue weighted by Gasteiger charge is 2.27.